The van der Waals surface area contributed by atoms with Gasteiger partial charge in [-0.2, -0.15) is 0 Å². The van der Waals surface area contributed by atoms with Crippen molar-refractivity contribution in [2.75, 3.05) is 5.32 Å². The van der Waals surface area contributed by atoms with E-state index in [1.807, 2.05) is 13.8 Å². The molecule has 0 radical (unpaired) electrons. The maximum atomic E-state index is 11.7. The number of anilines is 1. The number of carbonyl (C=O) groups excluding carboxylic acids is 1. The van der Waals surface area contributed by atoms with E-state index in [1.165, 1.54) is 11.3 Å². The standard InChI is InChI=1S/C15H19BrN2O2/c1-8(2)20-15(19)17-10-6-12-11-5-9(16)3-4-13(11)18-14(12)7-10/h3-5,8,10,12,14,18H,6-7H2,1-2H3,(H,17,19). The number of amides is 1. The number of halogens is 1. The summed E-state index contributed by atoms with van der Waals surface area (Å²) in [7, 11) is 0. The Bertz CT molecular complexity index is 533. The fourth-order valence-corrected chi connectivity index (χ4v) is 3.62. The molecule has 3 rings (SSSR count). The van der Waals surface area contributed by atoms with Crippen molar-refractivity contribution in [2.24, 2.45) is 0 Å². The fraction of sp³-hybridized carbons (Fsp3) is 0.533. The molecule has 2 aliphatic rings. The van der Waals surface area contributed by atoms with Gasteiger partial charge in [0.15, 0.2) is 0 Å². The van der Waals surface area contributed by atoms with Crippen LogP contribution in [0.5, 0.6) is 0 Å². The summed E-state index contributed by atoms with van der Waals surface area (Å²) >= 11 is 3.53. The second kappa shape index (κ2) is 5.28. The van der Waals surface area contributed by atoms with Crippen LogP contribution in [0.1, 0.15) is 38.2 Å². The molecule has 0 bridgehead atoms. The van der Waals surface area contributed by atoms with Crippen LogP contribution in [0.15, 0.2) is 22.7 Å². The van der Waals surface area contributed by atoms with Crippen molar-refractivity contribution < 1.29 is 9.53 Å². The fourth-order valence-electron chi connectivity index (χ4n) is 3.25. The molecule has 1 aliphatic heterocycles. The lowest BCUT2D eigenvalue weighted by molar-refractivity contribution is 0.112. The summed E-state index contributed by atoms with van der Waals surface area (Å²) in [4.78, 5) is 11.7. The highest BCUT2D eigenvalue weighted by Crippen LogP contribution is 2.46. The predicted octanol–water partition coefficient (Wildman–Crippen LogP) is 3.62. The Morgan fingerprint density at radius 3 is 3.00 bits per heavy atom. The van der Waals surface area contributed by atoms with Gasteiger partial charge >= 0.3 is 6.09 Å². The van der Waals surface area contributed by atoms with E-state index in [9.17, 15) is 4.79 Å². The maximum absolute atomic E-state index is 11.7. The molecule has 0 spiro atoms. The first-order chi connectivity index (χ1) is 9.52. The molecule has 108 valence electrons. The van der Waals surface area contributed by atoms with Gasteiger partial charge in [0.25, 0.3) is 0 Å². The molecule has 1 aliphatic carbocycles. The van der Waals surface area contributed by atoms with E-state index in [2.05, 4.69) is 44.8 Å². The molecule has 3 atom stereocenters. The zero-order chi connectivity index (χ0) is 14.3. The highest BCUT2D eigenvalue weighted by atomic mass is 79.9. The summed E-state index contributed by atoms with van der Waals surface area (Å²) in [6.07, 6.45) is 1.53. The van der Waals surface area contributed by atoms with E-state index in [1.54, 1.807) is 0 Å². The smallest absolute Gasteiger partial charge is 0.407 e. The minimum absolute atomic E-state index is 0.0780. The third kappa shape index (κ3) is 2.64. The van der Waals surface area contributed by atoms with Crippen molar-refractivity contribution in [2.45, 2.75) is 50.8 Å². The Kier molecular flexibility index (Phi) is 3.63. The van der Waals surface area contributed by atoms with Gasteiger partial charge in [0, 0.05) is 28.2 Å². The van der Waals surface area contributed by atoms with E-state index < -0.39 is 0 Å². The quantitative estimate of drug-likeness (QED) is 0.865. The van der Waals surface area contributed by atoms with E-state index in [-0.39, 0.29) is 18.2 Å². The Labute approximate surface area is 127 Å². The van der Waals surface area contributed by atoms with Crippen LogP contribution >= 0.6 is 15.9 Å². The summed E-state index contributed by atoms with van der Waals surface area (Å²) in [6.45, 7) is 3.72. The van der Waals surface area contributed by atoms with E-state index in [4.69, 9.17) is 4.74 Å². The molecule has 20 heavy (non-hydrogen) atoms. The van der Waals surface area contributed by atoms with Crippen molar-refractivity contribution >= 4 is 27.7 Å². The van der Waals surface area contributed by atoms with Crippen LogP contribution in [0.3, 0.4) is 0 Å². The first kappa shape index (κ1) is 13.7. The molecule has 0 aromatic heterocycles. The number of fused-ring (bicyclic) bond motifs is 3. The number of hydrogen-bond acceptors (Lipinski definition) is 3. The molecule has 2 N–H and O–H groups in total. The molecular weight excluding hydrogens is 320 g/mol. The number of rotatable bonds is 2. The molecule has 1 heterocycles. The van der Waals surface area contributed by atoms with Gasteiger partial charge in [-0.05, 0) is 50.5 Å². The van der Waals surface area contributed by atoms with Gasteiger partial charge < -0.3 is 15.4 Å². The van der Waals surface area contributed by atoms with Crippen LogP contribution in [0.25, 0.3) is 0 Å². The number of alkyl carbamates (subject to hydrolysis) is 1. The number of benzene rings is 1. The zero-order valence-electron chi connectivity index (χ0n) is 11.7. The van der Waals surface area contributed by atoms with E-state index in [0.717, 1.165) is 17.3 Å². The third-order valence-electron chi connectivity index (χ3n) is 3.98. The van der Waals surface area contributed by atoms with Crippen LogP contribution in [0.2, 0.25) is 0 Å². The largest absolute Gasteiger partial charge is 0.447 e. The minimum Gasteiger partial charge on any atom is -0.447 e. The zero-order valence-corrected chi connectivity index (χ0v) is 13.2. The Morgan fingerprint density at radius 1 is 1.45 bits per heavy atom. The van der Waals surface area contributed by atoms with E-state index >= 15 is 0 Å². The minimum atomic E-state index is -0.306. The lowest BCUT2D eigenvalue weighted by Crippen LogP contribution is -2.35. The highest BCUT2D eigenvalue weighted by Gasteiger charge is 2.41. The van der Waals surface area contributed by atoms with Crippen LogP contribution in [0.4, 0.5) is 10.5 Å². The van der Waals surface area contributed by atoms with Crippen molar-refractivity contribution in [3.63, 3.8) is 0 Å². The molecule has 0 saturated heterocycles. The average molecular weight is 339 g/mol. The molecule has 4 nitrogen and oxygen atoms in total. The summed E-state index contributed by atoms with van der Waals surface area (Å²) in [6, 6.07) is 6.97. The van der Waals surface area contributed by atoms with Crippen LogP contribution < -0.4 is 10.6 Å². The first-order valence-electron chi connectivity index (χ1n) is 7.06. The number of carbonyl (C=O) groups is 1. The van der Waals surface area contributed by atoms with Gasteiger partial charge in [0.2, 0.25) is 0 Å². The van der Waals surface area contributed by atoms with Crippen LogP contribution in [-0.4, -0.2) is 24.3 Å². The molecule has 1 aromatic rings. The lowest BCUT2D eigenvalue weighted by Gasteiger charge is -2.16. The molecular formula is C15H19BrN2O2. The second-order valence-electron chi connectivity index (χ2n) is 5.86. The topological polar surface area (TPSA) is 50.4 Å². The summed E-state index contributed by atoms with van der Waals surface area (Å²) in [5.74, 6) is 0.479. The van der Waals surface area contributed by atoms with Gasteiger partial charge in [0.1, 0.15) is 0 Å². The van der Waals surface area contributed by atoms with Gasteiger partial charge in [-0.1, -0.05) is 15.9 Å². The van der Waals surface area contributed by atoms with Crippen molar-refractivity contribution in [1.82, 2.24) is 5.32 Å². The van der Waals surface area contributed by atoms with Gasteiger partial charge in [-0.3, -0.25) is 0 Å². The van der Waals surface area contributed by atoms with Crippen molar-refractivity contribution in [1.29, 1.82) is 0 Å². The summed E-state index contributed by atoms with van der Waals surface area (Å²) < 4.78 is 6.25. The molecule has 3 unspecified atom stereocenters. The summed E-state index contributed by atoms with van der Waals surface area (Å²) in [5, 5.41) is 6.53. The monoisotopic (exact) mass is 338 g/mol. The molecule has 1 fully saturated rings. The molecule has 1 saturated carbocycles. The van der Waals surface area contributed by atoms with E-state index in [0.29, 0.717) is 12.0 Å². The molecule has 1 amide bonds. The van der Waals surface area contributed by atoms with Gasteiger partial charge in [-0.15, -0.1) is 0 Å². The van der Waals surface area contributed by atoms with Crippen molar-refractivity contribution in [3.8, 4) is 0 Å². The second-order valence-corrected chi connectivity index (χ2v) is 6.77. The summed E-state index contributed by atoms with van der Waals surface area (Å²) in [5.41, 5.74) is 2.58. The number of hydrogen-bond donors (Lipinski definition) is 2. The first-order valence-corrected chi connectivity index (χ1v) is 7.85. The van der Waals surface area contributed by atoms with Gasteiger partial charge in [-0.25, -0.2) is 4.79 Å². The lowest BCUT2D eigenvalue weighted by atomic mass is 9.97. The maximum Gasteiger partial charge on any atom is 0.407 e. The van der Waals surface area contributed by atoms with Crippen molar-refractivity contribution in [3.05, 3.63) is 28.2 Å². The van der Waals surface area contributed by atoms with Crippen LogP contribution in [0, 0.1) is 0 Å². The highest BCUT2D eigenvalue weighted by molar-refractivity contribution is 9.10. The molecule has 1 aromatic carbocycles. The normalized spacial score (nSPS) is 26.9. The average Bonchev–Trinajstić information content (AvgIpc) is 2.85. The number of nitrogens with one attached hydrogen (secondary N) is 2. The number of ether oxygens (including phenoxy) is 1. The van der Waals surface area contributed by atoms with Crippen LogP contribution in [-0.2, 0) is 4.74 Å². The third-order valence-corrected chi connectivity index (χ3v) is 4.47. The predicted molar refractivity (Wildman–Crippen MR) is 82.1 cm³/mol. The molecule has 5 heteroatoms. The Hall–Kier alpha value is -1.23. The SMILES string of the molecule is CC(C)OC(=O)NC1CC2Nc3ccc(Br)cc3C2C1. The van der Waals surface area contributed by atoms with Gasteiger partial charge in [0.05, 0.1) is 6.10 Å². The Balaban J connectivity index is 1.65. The Morgan fingerprint density at radius 2 is 2.25 bits per heavy atom.